The van der Waals surface area contributed by atoms with Gasteiger partial charge in [0.1, 0.15) is 12.0 Å². The fourth-order valence-electron chi connectivity index (χ4n) is 2.18. The van der Waals surface area contributed by atoms with Gasteiger partial charge in [0.05, 0.1) is 5.56 Å². The molecule has 10 heteroatoms. The van der Waals surface area contributed by atoms with Crippen LogP contribution in [0.4, 0.5) is 23.2 Å². The SMILES string of the molecule is O=C(/C=N/OCC(=O)NCCc1ccc(F)cc1)Nc1cccc(C(F)(F)F)c1. The molecule has 154 valence electrons. The molecule has 2 aromatic rings. The molecule has 0 aliphatic rings. The Balaban J connectivity index is 1.68. The molecule has 0 unspecified atom stereocenters. The molecular formula is C19H17F4N3O3. The van der Waals surface area contributed by atoms with Gasteiger partial charge in [-0.25, -0.2) is 4.39 Å². The highest BCUT2D eigenvalue weighted by Gasteiger charge is 2.30. The summed E-state index contributed by atoms with van der Waals surface area (Å²) in [5.74, 6) is -1.65. The van der Waals surface area contributed by atoms with Crippen molar-refractivity contribution in [2.24, 2.45) is 5.16 Å². The molecule has 6 nitrogen and oxygen atoms in total. The predicted octanol–water partition coefficient (Wildman–Crippen LogP) is 3.14. The van der Waals surface area contributed by atoms with E-state index >= 15 is 0 Å². The first-order valence-electron chi connectivity index (χ1n) is 8.39. The zero-order chi connectivity index (χ0) is 21.3. The number of rotatable bonds is 8. The molecule has 2 aromatic carbocycles. The second-order valence-corrected chi connectivity index (χ2v) is 5.80. The van der Waals surface area contributed by atoms with Crippen molar-refractivity contribution in [2.45, 2.75) is 12.6 Å². The average Bonchev–Trinajstić information content (AvgIpc) is 2.66. The van der Waals surface area contributed by atoms with Gasteiger partial charge in [-0.15, -0.1) is 0 Å². The van der Waals surface area contributed by atoms with Crippen LogP contribution in [0.15, 0.2) is 53.7 Å². The lowest BCUT2D eigenvalue weighted by molar-refractivity contribution is -0.137. The maximum absolute atomic E-state index is 12.8. The molecule has 0 spiro atoms. The molecule has 0 saturated carbocycles. The van der Waals surface area contributed by atoms with Crippen LogP contribution in [-0.2, 0) is 27.0 Å². The van der Waals surface area contributed by atoms with E-state index in [2.05, 4.69) is 20.6 Å². The summed E-state index contributed by atoms with van der Waals surface area (Å²) in [7, 11) is 0. The van der Waals surface area contributed by atoms with Crippen LogP contribution in [0.2, 0.25) is 0 Å². The Morgan fingerprint density at radius 1 is 1.10 bits per heavy atom. The number of amides is 2. The average molecular weight is 411 g/mol. The van der Waals surface area contributed by atoms with Crippen LogP contribution in [0.1, 0.15) is 11.1 Å². The van der Waals surface area contributed by atoms with Crippen molar-refractivity contribution < 1.29 is 32.0 Å². The van der Waals surface area contributed by atoms with Crippen LogP contribution in [0.25, 0.3) is 0 Å². The monoisotopic (exact) mass is 411 g/mol. The number of carbonyl (C=O) groups excluding carboxylic acids is 2. The first-order chi connectivity index (χ1) is 13.7. The minimum Gasteiger partial charge on any atom is -0.386 e. The van der Waals surface area contributed by atoms with Crippen LogP contribution >= 0.6 is 0 Å². The van der Waals surface area contributed by atoms with Crippen LogP contribution in [0.3, 0.4) is 0 Å². The van der Waals surface area contributed by atoms with Crippen molar-refractivity contribution >= 4 is 23.7 Å². The Morgan fingerprint density at radius 2 is 1.83 bits per heavy atom. The fraction of sp³-hybridized carbons (Fsp3) is 0.211. The second-order valence-electron chi connectivity index (χ2n) is 5.80. The first-order valence-corrected chi connectivity index (χ1v) is 8.39. The molecule has 0 aromatic heterocycles. The van der Waals surface area contributed by atoms with Crippen LogP contribution in [-0.4, -0.2) is 31.2 Å². The smallest absolute Gasteiger partial charge is 0.386 e. The van der Waals surface area contributed by atoms with E-state index in [1.807, 2.05) is 0 Å². The number of nitrogens with one attached hydrogen (secondary N) is 2. The van der Waals surface area contributed by atoms with Gasteiger partial charge in [0.2, 0.25) is 0 Å². The molecule has 0 bridgehead atoms. The lowest BCUT2D eigenvalue weighted by Gasteiger charge is -2.08. The summed E-state index contributed by atoms with van der Waals surface area (Å²) >= 11 is 0. The highest BCUT2D eigenvalue weighted by molar-refractivity contribution is 6.31. The van der Waals surface area contributed by atoms with Gasteiger partial charge in [-0.05, 0) is 42.3 Å². The number of alkyl halides is 3. The third-order valence-corrected chi connectivity index (χ3v) is 3.55. The lowest BCUT2D eigenvalue weighted by atomic mass is 10.1. The highest BCUT2D eigenvalue weighted by atomic mass is 19.4. The van der Waals surface area contributed by atoms with Crippen molar-refractivity contribution in [3.8, 4) is 0 Å². The molecule has 29 heavy (non-hydrogen) atoms. The molecule has 0 heterocycles. The van der Waals surface area contributed by atoms with Gasteiger partial charge in [-0.1, -0.05) is 23.4 Å². The summed E-state index contributed by atoms with van der Waals surface area (Å²) in [6, 6.07) is 9.94. The van der Waals surface area contributed by atoms with Crippen LogP contribution in [0.5, 0.6) is 0 Å². The number of halogens is 4. The Morgan fingerprint density at radius 3 is 2.52 bits per heavy atom. The van der Waals surface area contributed by atoms with E-state index in [0.717, 1.165) is 23.8 Å². The van der Waals surface area contributed by atoms with E-state index < -0.39 is 30.2 Å². The maximum atomic E-state index is 12.8. The number of benzene rings is 2. The van der Waals surface area contributed by atoms with Crippen molar-refractivity contribution in [3.05, 3.63) is 65.5 Å². The molecular weight excluding hydrogens is 394 g/mol. The molecule has 2 rings (SSSR count). The highest BCUT2D eigenvalue weighted by Crippen LogP contribution is 2.30. The number of hydrogen-bond donors (Lipinski definition) is 2. The Labute approximate surface area is 163 Å². The summed E-state index contributed by atoms with van der Waals surface area (Å²) in [4.78, 5) is 27.9. The van der Waals surface area contributed by atoms with E-state index in [1.165, 1.54) is 18.2 Å². The number of oxime groups is 1. The minimum atomic E-state index is -4.53. The van der Waals surface area contributed by atoms with E-state index in [9.17, 15) is 27.2 Å². The molecule has 0 saturated heterocycles. The standard InChI is InChI=1S/C19H17F4N3O3/c20-15-6-4-13(5-7-15)8-9-24-18(28)12-29-25-11-17(27)26-16-3-1-2-14(10-16)19(21,22)23/h1-7,10-11H,8-9,12H2,(H,24,28)(H,26,27)/b25-11+. The van der Waals surface area contributed by atoms with E-state index in [1.54, 1.807) is 12.1 Å². The van der Waals surface area contributed by atoms with Crippen molar-refractivity contribution in [1.82, 2.24) is 5.32 Å². The van der Waals surface area contributed by atoms with Gasteiger partial charge >= 0.3 is 6.18 Å². The van der Waals surface area contributed by atoms with Gasteiger partial charge in [0, 0.05) is 12.2 Å². The Hall–Kier alpha value is -3.43. The van der Waals surface area contributed by atoms with Crippen LogP contribution < -0.4 is 10.6 Å². The molecule has 0 fully saturated rings. The van der Waals surface area contributed by atoms with Gasteiger partial charge in [-0.2, -0.15) is 13.2 Å². The van der Waals surface area contributed by atoms with Gasteiger partial charge in [-0.3, -0.25) is 9.59 Å². The molecule has 0 atom stereocenters. The first kappa shape index (κ1) is 21.9. The predicted molar refractivity (Wildman–Crippen MR) is 97.6 cm³/mol. The normalized spacial score (nSPS) is 11.3. The number of anilines is 1. The van der Waals surface area contributed by atoms with E-state index in [4.69, 9.17) is 0 Å². The Bertz CT molecular complexity index is 868. The summed E-state index contributed by atoms with van der Waals surface area (Å²) in [5.41, 5.74) is -0.118. The zero-order valence-electron chi connectivity index (χ0n) is 15.0. The summed E-state index contributed by atoms with van der Waals surface area (Å²) in [5, 5.41) is 8.05. The van der Waals surface area contributed by atoms with Crippen molar-refractivity contribution in [2.75, 3.05) is 18.5 Å². The topological polar surface area (TPSA) is 79.8 Å². The largest absolute Gasteiger partial charge is 0.416 e. The van der Waals surface area contributed by atoms with E-state index in [0.29, 0.717) is 19.2 Å². The number of carbonyl (C=O) groups is 2. The van der Waals surface area contributed by atoms with Crippen molar-refractivity contribution in [1.29, 1.82) is 0 Å². The van der Waals surface area contributed by atoms with Crippen molar-refractivity contribution in [3.63, 3.8) is 0 Å². The molecule has 2 amide bonds. The fourth-order valence-corrected chi connectivity index (χ4v) is 2.18. The molecule has 0 aliphatic carbocycles. The molecule has 0 radical (unpaired) electrons. The van der Waals surface area contributed by atoms with Gasteiger partial charge in [0.25, 0.3) is 11.8 Å². The van der Waals surface area contributed by atoms with Gasteiger partial charge < -0.3 is 15.5 Å². The summed E-state index contributed by atoms with van der Waals surface area (Å²) in [6.07, 6.45) is -3.33. The number of hydrogen-bond acceptors (Lipinski definition) is 4. The Kier molecular flexibility index (Phi) is 7.70. The van der Waals surface area contributed by atoms with E-state index in [-0.39, 0.29) is 11.5 Å². The second kappa shape index (κ2) is 10.2. The quantitative estimate of drug-likeness (QED) is 0.398. The summed E-state index contributed by atoms with van der Waals surface area (Å²) < 4.78 is 50.6. The maximum Gasteiger partial charge on any atom is 0.416 e. The molecule has 0 aliphatic heterocycles. The molecule has 2 N–H and O–H groups in total. The zero-order valence-corrected chi connectivity index (χ0v) is 15.0. The lowest BCUT2D eigenvalue weighted by Crippen LogP contribution is -2.29. The third-order valence-electron chi connectivity index (χ3n) is 3.55. The third kappa shape index (κ3) is 7.99. The van der Waals surface area contributed by atoms with Gasteiger partial charge in [0.15, 0.2) is 6.61 Å². The minimum absolute atomic E-state index is 0.0604. The number of nitrogens with zero attached hydrogens (tertiary/aromatic N) is 1. The van der Waals surface area contributed by atoms with Crippen LogP contribution in [0, 0.1) is 5.82 Å². The summed E-state index contributed by atoms with van der Waals surface area (Å²) in [6.45, 7) is -0.148.